The summed E-state index contributed by atoms with van der Waals surface area (Å²) in [5, 5.41) is 3.32. The third-order valence-electron chi connectivity index (χ3n) is 3.58. The van der Waals surface area contributed by atoms with E-state index in [0.717, 1.165) is 5.02 Å². The van der Waals surface area contributed by atoms with Crippen LogP contribution >= 0.6 is 27.5 Å². The number of benzene rings is 3. The second kappa shape index (κ2) is 5.59. The Morgan fingerprint density at radius 3 is 2.55 bits per heavy atom. The van der Waals surface area contributed by atoms with Gasteiger partial charge in [-0.2, -0.15) is 0 Å². The largest absolute Gasteiger partial charge is 0.0843 e. The van der Waals surface area contributed by atoms with Crippen LogP contribution in [0, 0.1) is 6.92 Å². The van der Waals surface area contributed by atoms with Crippen molar-refractivity contribution < 1.29 is 0 Å². The molecule has 20 heavy (non-hydrogen) atoms. The molecule has 0 aliphatic heterocycles. The highest BCUT2D eigenvalue weighted by Gasteiger charge is 2.16. The standard InChI is InChI=1S/C18H14BrCl/c1-12-9-10-13-5-2-3-8-16(13)17(12)18(19)14-6-4-7-15(20)11-14/h2-11,18H,1H3. The number of aryl methyl sites for hydroxylation is 1. The van der Waals surface area contributed by atoms with Crippen molar-refractivity contribution in [1.29, 1.82) is 0 Å². The summed E-state index contributed by atoms with van der Waals surface area (Å²) in [4.78, 5) is 0.146. The molecular formula is C18H14BrCl. The Morgan fingerprint density at radius 2 is 1.75 bits per heavy atom. The number of hydrogen-bond donors (Lipinski definition) is 0. The van der Waals surface area contributed by atoms with Crippen molar-refractivity contribution in [3.63, 3.8) is 0 Å². The summed E-state index contributed by atoms with van der Waals surface area (Å²) >= 11 is 9.96. The van der Waals surface area contributed by atoms with Crippen LogP contribution in [0.25, 0.3) is 10.8 Å². The van der Waals surface area contributed by atoms with Gasteiger partial charge in [0, 0.05) is 5.02 Å². The minimum absolute atomic E-state index is 0.146. The van der Waals surface area contributed by atoms with Crippen LogP contribution in [0.3, 0.4) is 0 Å². The number of alkyl halides is 1. The van der Waals surface area contributed by atoms with E-state index in [-0.39, 0.29) is 4.83 Å². The van der Waals surface area contributed by atoms with Gasteiger partial charge in [0.25, 0.3) is 0 Å². The van der Waals surface area contributed by atoms with Crippen LogP contribution in [0.1, 0.15) is 21.5 Å². The number of hydrogen-bond acceptors (Lipinski definition) is 0. The van der Waals surface area contributed by atoms with E-state index in [9.17, 15) is 0 Å². The van der Waals surface area contributed by atoms with Gasteiger partial charge in [-0.05, 0) is 46.5 Å². The van der Waals surface area contributed by atoms with Gasteiger partial charge in [0.1, 0.15) is 0 Å². The first-order chi connectivity index (χ1) is 9.66. The molecule has 0 heterocycles. The zero-order valence-corrected chi connectivity index (χ0v) is 13.4. The fourth-order valence-electron chi connectivity index (χ4n) is 2.57. The summed E-state index contributed by atoms with van der Waals surface area (Å²) in [5.41, 5.74) is 3.77. The molecule has 3 rings (SSSR count). The summed E-state index contributed by atoms with van der Waals surface area (Å²) in [5.74, 6) is 0. The average molecular weight is 346 g/mol. The van der Waals surface area contributed by atoms with Crippen molar-refractivity contribution in [1.82, 2.24) is 0 Å². The van der Waals surface area contributed by atoms with E-state index >= 15 is 0 Å². The Kier molecular flexibility index (Phi) is 3.82. The van der Waals surface area contributed by atoms with Gasteiger partial charge < -0.3 is 0 Å². The van der Waals surface area contributed by atoms with E-state index in [1.54, 1.807) is 0 Å². The molecule has 0 aliphatic rings. The van der Waals surface area contributed by atoms with E-state index in [4.69, 9.17) is 11.6 Å². The van der Waals surface area contributed by atoms with Crippen LogP contribution in [-0.4, -0.2) is 0 Å². The van der Waals surface area contributed by atoms with Crippen molar-refractivity contribution in [2.45, 2.75) is 11.8 Å². The second-order valence-corrected chi connectivity index (χ2v) is 6.29. The van der Waals surface area contributed by atoms with Gasteiger partial charge in [0.2, 0.25) is 0 Å². The first-order valence-corrected chi connectivity index (χ1v) is 7.84. The van der Waals surface area contributed by atoms with Crippen LogP contribution < -0.4 is 0 Å². The van der Waals surface area contributed by atoms with Crippen LogP contribution in [0.5, 0.6) is 0 Å². The van der Waals surface area contributed by atoms with Crippen LogP contribution in [-0.2, 0) is 0 Å². The molecule has 0 aliphatic carbocycles. The van der Waals surface area contributed by atoms with Crippen molar-refractivity contribution >= 4 is 38.3 Å². The molecule has 0 fully saturated rings. The molecule has 1 atom stereocenters. The summed E-state index contributed by atoms with van der Waals surface area (Å²) in [7, 11) is 0. The SMILES string of the molecule is Cc1ccc2ccccc2c1C(Br)c1cccc(Cl)c1. The molecule has 0 radical (unpaired) electrons. The quantitative estimate of drug-likeness (QED) is 0.479. The van der Waals surface area contributed by atoms with E-state index in [2.05, 4.69) is 65.3 Å². The minimum Gasteiger partial charge on any atom is -0.0843 e. The lowest BCUT2D eigenvalue weighted by Gasteiger charge is -2.17. The Hall–Kier alpha value is -1.31. The van der Waals surface area contributed by atoms with Crippen molar-refractivity contribution in [2.24, 2.45) is 0 Å². The molecule has 0 amide bonds. The molecule has 0 aromatic heterocycles. The average Bonchev–Trinajstić information content (AvgIpc) is 2.46. The van der Waals surface area contributed by atoms with Gasteiger partial charge >= 0.3 is 0 Å². The van der Waals surface area contributed by atoms with Gasteiger partial charge in [-0.1, -0.05) is 76.1 Å². The van der Waals surface area contributed by atoms with E-state index in [0.29, 0.717) is 0 Å². The zero-order chi connectivity index (χ0) is 14.1. The lowest BCUT2D eigenvalue weighted by Crippen LogP contribution is -1.97. The summed E-state index contributed by atoms with van der Waals surface area (Å²) in [6.07, 6.45) is 0. The van der Waals surface area contributed by atoms with E-state index < -0.39 is 0 Å². The van der Waals surface area contributed by atoms with Crippen LogP contribution in [0.2, 0.25) is 5.02 Å². The molecule has 0 bridgehead atoms. The van der Waals surface area contributed by atoms with Gasteiger partial charge in [-0.15, -0.1) is 0 Å². The maximum absolute atomic E-state index is 6.11. The highest BCUT2D eigenvalue weighted by Crippen LogP contribution is 2.38. The summed E-state index contributed by atoms with van der Waals surface area (Å²) in [6, 6.07) is 20.9. The molecule has 0 spiro atoms. The molecule has 2 heteroatoms. The first kappa shape index (κ1) is 13.7. The minimum atomic E-state index is 0.146. The maximum atomic E-state index is 6.11. The van der Waals surface area contributed by atoms with Gasteiger partial charge in [-0.25, -0.2) is 0 Å². The molecule has 3 aromatic carbocycles. The van der Waals surface area contributed by atoms with E-state index in [1.165, 1.54) is 27.5 Å². The van der Waals surface area contributed by atoms with E-state index in [1.807, 2.05) is 18.2 Å². The molecule has 3 aromatic rings. The molecule has 100 valence electrons. The maximum Gasteiger partial charge on any atom is 0.0653 e. The molecule has 0 saturated carbocycles. The van der Waals surface area contributed by atoms with Crippen molar-refractivity contribution in [3.8, 4) is 0 Å². The molecule has 1 unspecified atom stereocenters. The molecule has 0 N–H and O–H groups in total. The van der Waals surface area contributed by atoms with Gasteiger partial charge in [0.15, 0.2) is 0 Å². The lowest BCUT2D eigenvalue weighted by atomic mass is 9.94. The highest BCUT2D eigenvalue weighted by molar-refractivity contribution is 9.09. The second-order valence-electron chi connectivity index (χ2n) is 4.93. The van der Waals surface area contributed by atoms with Gasteiger partial charge in [0.05, 0.1) is 4.83 Å². The molecule has 0 saturated heterocycles. The normalized spacial score (nSPS) is 12.6. The van der Waals surface area contributed by atoms with Gasteiger partial charge in [-0.3, -0.25) is 0 Å². The fraction of sp³-hybridized carbons (Fsp3) is 0.111. The third kappa shape index (κ3) is 2.48. The first-order valence-electron chi connectivity index (χ1n) is 6.54. The Labute approximate surface area is 132 Å². The molecule has 0 nitrogen and oxygen atoms in total. The van der Waals surface area contributed by atoms with Crippen LogP contribution in [0.15, 0.2) is 60.7 Å². The smallest absolute Gasteiger partial charge is 0.0653 e. The number of halogens is 2. The Morgan fingerprint density at radius 1 is 0.950 bits per heavy atom. The predicted molar refractivity (Wildman–Crippen MR) is 90.9 cm³/mol. The van der Waals surface area contributed by atoms with Crippen molar-refractivity contribution in [3.05, 3.63) is 82.4 Å². The Bertz CT molecular complexity index is 764. The van der Waals surface area contributed by atoms with Crippen LogP contribution in [0.4, 0.5) is 0 Å². The number of rotatable bonds is 2. The summed E-state index contributed by atoms with van der Waals surface area (Å²) in [6.45, 7) is 2.15. The monoisotopic (exact) mass is 344 g/mol. The zero-order valence-electron chi connectivity index (χ0n) is 11.1. The molecular weight excluding hydrogens is 332 g/mol. The third-order valence-corrected chi connectivity index (χ3v) is 4.81. The van der Waals surface area contributed by atoms with Crippen molar-refractivity contribution in [2.75, 3.05) is 0 Å². The predicted octanol–water partition coefficient (Wildman–Crippen LogP) is 6.29. The lowest BCUT2D eigenvalue weighted by molar-refractivity contribution is 1.16. The topological polar surface area (TPSA) is 0 Å². The number of fused-ring (bicyclic) bond motifs is 1. The summed E-state index contributed by atoms with van der Waals surface area (Å²) < 4.78 is 0. The fourth-order valence-corrected chi connectivity index (χ4v) is 3.66. The Balaban J connectivity index is 2.21. The highest BCUT2D eigenvalue weighted by atomic mass is 79.9.